The maximum atomic E-state index is 12.5. The van der Waals surface area contributed by atoms with Gasteiger partial charge in [0, 0.05) is 18.0 Å². The fourth-order valence-electron chi connectivity index (χ4n) is 3.48. The van der Waals surface area contributed by atoms with Crippen LogP contribution in [0.2, 0.25) is 0 Å². The number of nitrogens with two attached hydrogens (primary N) is 1. The van der Waals surface area contributed by atoms with Gasteiger partial charge in [-0.1, -0.05) is 27.2 Å². The van der Waals surface area contributed by atoms with E-state index in [1.807, 2.05) is 18.2 Å². The predicted octanol–water partition coefficient (Wildman–Crippen LogP) is 4.15. The summed E-state index contributed by atoms with van der Waals surface area (Å²) >= 11 is 0. The van der Waals surface area contributed by atoms with Crippen LogP contribution in [-0.4, -0.2) is 17.4 Å². The Balaban J connectivity index is 0.00000225. The molecule has 5 nitrogen and oxygen atoms in total. The van der Waals surface area contributed by atoms with Crippen LogP contribution in [0.1, 0.15) is 45.9 Å². The lowest BCUT2D eigenvalue weighted by Crippen LogP contribution is -2.29. The van der Waals surface area contributed by atoms with E-state index >= 15 is 0 Å². The molecule has 25 heavy (non-hydrogen) atoms. The van der Waals surface area contributed by atoms with E-state index in [-0.39, 0.29) is 29.6 Å². The van der Waals surface area contributed by atoms with Crippen LogP contribution < -0.4 is 11.1 Å². The first-order valence-corrected chi connectivity index (χ1v) is 8.76. The highest BCUT2D eigenvalue weighted by molar-refractivity contribution is 5.94. The maximum absolute atomic E-state index is 12.5. The number of aromatic nitrogens is 1. The second-order valence-corrected chi connectivity index (χ2v) is 8.05. The van der Waals surface area contributed by atoms with Crippen molar-refractivity contribution in [2.24, 2.45) is 23.0 Å². The van der Waals surface area contributed by atoms with Gasteiger partial charge in [-0.3, -0.25) is 4.79 Å². The van der Waals surface area contributed by atoms with Crippen LogP contribution in [0.4, 0.5) is 5.69 Å². The summed E-state index contributed by atoms with van der Waals surface area (Å²) in [5.74, 6) is 1.14. The zero-order chi connectivity index (χ0) is 17.3. The minimum absolute atomic E-state index is 0. The average molecular weight is 366 g/mol. The van der Waals surface area contributed by atoms with E-state index in [4.69, 9.17) is 10.2 Å². The first-order chi connectivity index (χ1) is 11.4. The van der Waals surface area contributed by atoms with Crippen molar-refractivity contribution < 1.29 is 9.21 Å². The number of nitrogens with one attached hydrogen (secondary N) is 1. The fourth-order valence-corrected chi connectivity index (χ4v) is 3.48. The van der Waals surface area contributed by atoms with Gasteiger partial charge in [0.05, 0.1) is 0 Å². The molecule has 6 heteroatoms. The molecule has 1 fully saturated rings. The Morgan fingerprint density at radius 1 is 1.36 bits per heavy atom. The first kappa shape index (κ1) is 19.7. The molecule has 3 rings (SSSR count). The molecule has 2 atom stereocenters. The van der Waals surface area contributed by atoms with E-state index in [1.54, 1.807) is 0 Å². The third-order valence-corrected chi connectivity index (χ3v) is 4.68. The Kier molecular flexibility index (Phi) is 6.12. The van der Waals surface area contributed by atoms with Crippen LogP contribution in [0.3, 0.4) is 0 Å². The third kappa shape index (κ3) is 4.73. The average Bonchev–Trinajstić information content (AvgIpc) is 3.10. The summed E-state index contributed by atoms with van der Waals surface area (Å²) in [6.07, 6.45) is 3.84. The Labute approximate surface area is 155 Å². The molecule has 2 aromatic rings. The van der Waals surface area contributed by atoms with Gasteiger partial charge in [-0.05, 0) is 48.9 Å². The van der Waals surface area contributed by atoms with E-state index in [1.165, 1.54) is 0 Å². The second kappa shape index (κ2) is 7.75. The second-order valence-electron chi connectivity index (χ2n) is 8.05. The topological polar surface area (TPSA) is 81.2 Å². The quantitative estimate of drug-likeness (QED) is 0.852. The Bertz CT molecular complexity index is 736. The van der Waals surface area contributed by atoms with Gasteiger partial charge in [0.2, 0.25) is 5.91 Å². The molecule has 0 spiro atoms. The smallest absolute Gasteiger partial charge is 0.227 e. The largest absolute Gasteiger partial charge is 0.441 e. The molecule has 1 aliphatic carbocycles. The van der Waals surface area contributed by atoms with Crippen LogP contribution >= 0.6 is 12.4 Å². The number of nitrogens with zero attached hydrogens (tertiary/aromatic N) is 1. The minimum Gasteiger partial charge on any atom is -0.441 e. The number of hydrogen-bond donors (Lipinski definition) is 2. The summed E-state index contributed by atoms with van der Waals surface area (Å²) in [6.45, 7) is 7.05. The summed E-state index contributed by atoms with van der Waals surface area (Å²) in [7, 11) is 0. The van der Waals surface area contributed by atoms with Crippen LogP contribution in [0.15, 0.2) is 22.6 Å². The molecular weight excluding hydrogens is 338 g/mol. The van der Waals surface area contributed by atoms with Crippen molar-refractivity contribution >= 4 is 35.1 Å². The van der Waals surface area contributed by atoms with E-state index in [9.17, 15) is 4.79 Å². The van der Waals surface area contributed by atoms with Gasteiger partial charge in [0.25, 0.3) is 0 Å². The molecule has 138 valence electrons. The van der Waals surface area contributed by atoms with Gasteiger partial charge >= 0.3 is 0 Å². The lowest BCUT2D eigenvalue weighted by molar-refractivity contribution is -0.120. The zero-order valence-electron chi connectivity index (χ0n) is 15.2. The van der Waals surface area contributed by atoms with Crippen molar-refractivity contribution in [3.63, 3.8) is 0 Å². The van der Waals surface area contributed by atoms with Crippen LogP contribution in [0.25, 0.3) is 11.1 Å². The third-order valence-electron chi connectivity index (χ3n) is 4.68. The van der Waals surface area contributed by atoms with E-state index in [2.05, 4.69) is 31.1 Å². The first-order valence-electron chi connectivity index (χ1n) is 8.76. The lowest BCUT2D eigenvalue weighted by Gasteiger charge is -2.17. The molecule has 0 bridgehead atoms. The van der Waals surface area contributed by atoms with Gasteiger partial charge < -0.3 is 15.5 Å². The molecule has 1 saturated carbocycles. The summed E-state index contributed by atoms with van der Waals surface area (Å²) in [5.41, 5.74) is 8.22. The SMILES string of the molecule is CC(C)(C)Cc1nc2cc(NC(=O)[C@@H]3CCC[C@@H]3CN)ccc2o1.Cl. The molecule has 1 aromatic heterocycles. The number of benzene rings is 1. The summed E-state index contributed by atoms with van der Waals surface area (Å²) in [4.78, 5) is 17.1. The molecule has 1 aliphatic rings. The monoisotopic (exact) mass is 365 g/mol. The van der Waals surface area contributed by atoms with Crippen molar-refractivity contribution in [3.05, 3.63) is 24.1 Å². The van der Waals surface area contributed by atoms with Gasteiger partial charge in [0.15, 0.2) is 11.5 Å². The number of carbonyl (C=O) groups is 1. The van der Waals surface area contributed by atoms with Crippen molar-refractivity contribution in [1.29, 1.82) is 0 Å². The summed E-state index contributed by atoms with van der Waals surface area (Å²) < 4.78 is 5.80. The van der Waals surface area contributed by atoms with Crippen LogP contribution in [0.5, 0.6) is 0 Å². The molecular formula is C19H28ClN3O2. The molecule has 0 radical (unpaired) electrons. The van der Waals surface area contributed by atoms with Gasteiger partial charge in [-0.15, -0.1) is 12.4 Å². The number of hydrogen-bond acceptors (Lipinski definition) is 4. The van der Waals surface area contributed by atoms with Crippen LogP contribution in [-0.2, 0) is 11.2 Å². The molecule has 0 aliphatic heterocycles. The van der Waals surface area contributed by atoms with E-state index in [0.717, 1.165) is 48.4 Å². The molecule has 0 unspecified atom stereocenters. The number of carbonyl (C=O) groups excluding carboxylic acids is 1. The number of oxazole rings is 1. The maximum Gasteiger partial charge on any atom is 0.227 e. The summed E-state index contributed by atoms with van der Waals surface area (Å²) in [6, 6.07) is 5.63. The van der Waals surface area contributed by atoms with Gasteiger partial charge in [0.1, 0.15) is 5.52 Å². The summed E-state index contributed by atoms with van der Waals surface area (Å²) in [5, 5.41) is 3.02. The fraction of sp³-hybridized carbons (Fsp3) is 0.579. The Morgan fingerprint density at radius 3 is 2.80 bits per heavy atom. The number of halogens is 1. The van der Waals surface area contributed by atoms with E-state index in [0.29, 0.717) is 12.5 Å². The minimum atomic E-state index is 0. The predicted molar refractivity (Wildman–Crippen MR) is 103 cm³/mol. The Morgan fingerprint density at radius 2 is 2.12 bits per heavy atom. The number of fused-ring (bicyclic) bond motifs is 1. The van der Waals surface area contributed by atoms with Crippen molar-refractivity contribution in [1.82, 2.24) is 4.98 Å². The standard InChI is InChI=1S/C19H27N3O2.ClH/c1-19(2,3)10-17-22-15-9-13(7-8-16(15)24-17)21-18(23)14-6-4-5-12(14)11-20;/h7-9,12,14H,4-6,10-11,20H2,1-3H3,(H,21,23);1H/t12-,14-;/m1./s1. The number of anilines is 1. The highest BCUT2D eigenvalue weighted by Gasteiger charge is 2.31. The molecule has 1 heterocycles. The highest BCUT2D eigenvalue weighted by atomic mass is 35.5. The molecule has 3 N–H and O–H groups in total. The highest BCUT2D eigenvalue weighted by Crippen LogP contribution is 2.32. The van der Waals surface area contributed by atoms with Gasteiger partial charge in [-0.25, -0.2) is 4.98 Å². The number of rotatable bonds is 4. The molecule has 1 amide bonds. The van der Waals surface area contributed by atoms with Crippen molar-refractivity contribution in [2.45, 2.75) is 46.5 Å². The van der Waals surface area contributed by atoms with Crippen LogP contribution in [0, 0.1) is 17.3 Å². The lowest BCUT2D eigenvalue weighted by atomic mass is 9.92. The molecule has 0 saturated heterocycles. The van der Waals surface area contributed by atoms with E-state index < -0.39 is 0 Å². The van der Waals surface area contributed by atoms with Crippen molar-refractivity contribution in [2.75, 3.05) is 11.9 Å². The van der Waals surface area contributed by atoms with Gasteiger partial charge in [-0.2, -0.15) is 0 Å². The number of amides is 1. The normalized spacial score (nSPS) is 20.5. The molecule has 1 aromatic carbocycles. The Hall–Kier alpha value is -1.59. The van der Waals surface area contributed by atoms with Crippen molar-refractivity contribution in [3.8, 4) is 0 Å². The zero-order valence-corrected chi connectivity index (χ0v) is 16.0.